The lowest BCUT2D eigenvalue weighted by Crippen LogP contribution is -2.29. The molecule has 0 aliphatic heterocycles. The Morgan fingerprint density at radius 3 is 2.58 bits per heavy atom. The highest BCUT2D eigenvalue weighted by Gasteiger charge is 2.11. The van der Waals surface area contributed by atoms with E-state index in [1.165, 1.54) is 24.3 Å². The number of benzene rings is 2. The lowest BCUT2D eigenvalue weighted by molar-refractivity contribution is -0.117. The average molecular weight is 390 g/mol. The second-order valence-electron chi connectivity index (χ2n) is 5.88. The summed E-state index contributed by atoms with van der Waals surface area (Å²) in [6.07, 6.45) is 0. The Kier molecular flexibility index (Phi) is 5.98. The van der Waals surface area contributed by atoms with Gasteiger partial charge >= 0.3 is 0 Å². The molecule has 0 radical (unpaired) electrons. The van der Waals surface area contributed by atoms with Crippen molar-refractivity contribution < 1.29 is 9.18 Å². The number of carbonyl (C=O) groups is 1. The topological polar surface area (TPSA) is 45.2 Å². The highest BCUT2D eigenvalue weighted by Crippen LogP contribution is 2.25. The van der Waals surface area contributed by atoms with Crippen LogP contribution in [0, 0.1) is 5.82 Å². The maximum atomic E-state index is 12.9. The van der Waals surface area contributed by atoms with E-state index >= 15 is 0 Å². The van der Waals surface area contributed by atoms with Crippen LogP contribution in [0.1, 0.15) is 5.69 Å². The van der Waals surface area contributed by atoms with Gasteiger partial charge < -0.3 is 5.32 Å². The molecule has 0 unspecified atom stereocenters. The van der Waals surface area contributed by atoms with Crippen LogP contribution in [0.4, 0.5) is 10.1 Å². The molecule has 1 heterocycles. The molecule has 134 valence electrons. The first-order valence-corrected chi connectivity index (χ1v) is 9.19. The van der Waals surface area contributed by atoms with Gasteiger partial charge in [0.1, 0.15) is 10.8 Å². The summed E-state index contributed by atoms with van der Waals surface area (Å²) in [6, 6.07) is 13.2. The maximum Gasteiger partial charge on any atom is 0.238 e. The van der Waals surface area contributed by atoms with Gasteiger partial charge in [0.2, 0.25) is 5.91 Å². The lowest BCUT2D eigenvalue weighted by atomic mass is 10.2. The standard InChI is InChI=1S/C19H17ClFN3OS/c1-24(11-18(25)22-16-8-6-15(21)7-9-16)10-17-12-26-19(23-17)13-2-4-14(20)5-3-13/h2-9,12H,10-11H2,1H3,(H,22,25). The fourth-order valence-electron chi connectivity index (χ4n) is 2.42. The highest BCUT2D eigenvalue weighted by atomic mass is 35.5. The molecule has 3 aromatic rings. The van der Waals surface area contributed by atoms with Gasteiger partial charge in [-0.05, 0) is 43.4 Å². The Morgan fingerprint density at radius 1 is 1.19 bits per heavy atom. The van der Waals surface area contributed by atoms with Crippen LogP contribution in [0.5, 0.6) is 0 Å². The molecule has 0 atom stereocenters. The quantitative estimate of drug-likeness (QED) is 0.666. The number of anilines is 1. The third kappa shape index (κ3) is 5.11. The second-order valence-corrected chi connectivity index (χ2v) is 7.17. The van der Waals surface area contributed by atoms with Crippen molar-refractivity contribution in [2.45, 2.75) is 6.54 Å². The predicted octanol–water partition coefficient (Wildman–Crippen LogP) is 4.67. The SMILES string of the molecule is CN(CC(=O)Nc1ccc(F)cc1)Cc1csc(-c2ccc(Cl)cc2)n1. The molecular weight excluding hydrogens is 373 g/mol. The molecule has 1 aromatic heterocycles. The van der Waals surface area contributed by atoms with Crippen molar-refractivity contribution in [3.05, 3.63) is 70.4 Å². The lowest BCUT2D eigenvalue weighted by Gasteiger charge is -2.15. The average Bonchev–Trinajstić information content (AvgIpc) is 3.05. The fourth-order valence-corrected chi connectivity index (χ4v) is 3.36. The van der Waals surface area contributed by atoms with Gasteiger partial charge in [0.25, 0.3) is 0 Å². The summed E-state index contributed by atoms with van der Waals surface area (Å²) in [5.74, 6) is -0.493. The zero-order valence-electron chi connectivity index (χ0n) is 14.1. The minimum Gasteiger partial charge on any atom is -0.325 e. The molecule has 0 saturated carbocycles. The molecule has 0 bridgehead atoms. The largest absolute Gasteiger partial charge is 0.325 e. The van der Waals surface area contributed by atoms with Gasteiger partial charge in [-0.1, -0.05) is 23.7 Å². The third-order valence-corrected chi connectivity index (χ3v) is 4.81. The molecule has 0 spiro atoms. The van der Waals surface area contributed by atoms with E-state index in [9.17, 15) is 9.18 Å². The molecule has 0 aliphatic carbocycles. The van der Waals surface area contributed by atoms with Gasteiger partial charge in [-0.15, -0.1) is 11.3 Å². The zero-order chi connectivity index (χ0) is 18.5. The molecule has 0 fully saturated rings. The van der Waals surface area contributed by atoms with Crippen LogP contribution in [0.2, 0.25) is 5.02 Å². The molecule has 3 rings (SSSR count). The van der Waals surface area contributed by atoms with E-state index in [2.05, 4.69) is 10.3 Å². The molecule has 2 aromatic carbocycles. The number of amides is 1. The number of hydrogen-bond donors (Lipinski definition) is 1. The van der Waals surface area contributed by atoms with Gasteiger partial charge in [0.15, 0.2) is 0 Å². The highest BCUT2D eigenvalue weighted by molar-refractivity contribution is 7.13. The van der Waals surface area contributed by atoms with Crippen molar-refractivity contribution in [2.24, 2.45) is 0 Å². The number of likely N-dealkylation sites (N-methyl/N-ethyl adjacent to an activating group) is 1. The van der Waals surface area contributed by atoms with Crippen LogP contribution in [-0.4, -0.2) is 29.4 Å². The summed E-state index contributed by atoms with van der Waals surface area (Å²) in [4.78, 5) is 18.6. The van der Waals surface area contributed by atoms with E-state index < -0.39 is 0 Å². The Bertz CT molecular complexity index is 881. The number of hydrogen-bond acceptors (Lipinski definition) is 4. The summed E-state index contributed by atoms with van der Waals surface area (Å²) < 4.78 is 12.9. The maximum absolute atomic E-state index is 12.9. The summed E-state index contributed by atoms with van der Waals surface area (Å²) in [5, 5.41) is 6.34. The summed E-state index contributed by atoms with van der Waals surface area (Å²) in [6.45, 7) is 0.770. The Hall–Kier alpha value is -2.28. The van der Waals surface area contributed by atoms with Gasteiger partial charge in [-0.25, -0.2) is 9.37 Å². The first-order chi connectivity index (χ1) is 12.5. The van der Waals surface area contributed by atoms with E-state index in [1.54, 1.807) is 11.3 Å². The van der Waals surface area contributed by atoms with Crippen LogP contribution in [0.3, 0.4) is 0 Å². The van der Waals surface area contributed by atoms with Crippen molar-refractivity contribution in [3.63, 3.8) is 0 Å². The number of carbonyl (C=O) groups excluding carboxylic acids is 1. The second kappa shape index (κ2) is 8.40. The van der Waals surface area contributed by atoms with Gasteiger partial charge in [-0.2, -0.15) is 0 Å². The van der Waals surface area contributed by atoms with Crippen LogP contribution < -0.4 is 5.32 Å². The van der Waals surface area contributed by atoms with Crippen LogP contribution >= 0.6 is 22.9 Å². The zero-order valence-corrected chi connectivity index (χ0v) is 15.6. The number of thiazole rings is 1. The number of rotatable bonds is 6. The monoisotopic (exact) mass is 389 g/mol. The van der Waals surface area contributed by atoms with Crippen molar-refractivity contribution in [2.75, 3.05) is 18.9 Å². The van der Waals surface area contributed by atoms with Crippen molar-refractivity contribution in [1.29, 1.82) is 0 Å². The smallest absolute Gasteiger partial charge is 0.238 e. The van der Waals surface area contributed by atoms with Crippen LogP contribution in [0.25, 0.3) is 10.6 Å². The molecule has 0 aliphatic rings. The predicted molar refractivity (Wildman–Crippen MR) is 104 cm³/mol. The Labute approximate surface area is 160 Å². The van der Waals surface area contributed by atoms with E-state index in [4.69, 9.17) is 11.6 Å². The summed E-state index contributed by atoms with van der Waals surface area (Å²) in [7, 11) is 1.85. The normalized spacial score (nSPS) is 10.9. The van der Waals surface area contributed by atoms with Gasteiger partial charge in [0.05, 0.1) is 12.2 Å². The first kappa shape index (κ1) is 18.5. The summed E-state index contributed by atoms with van der Waals surface area (Å²) in [5.41, 5.74) is 2.49. The minimum absolute atomic E-state index is 0.160. The Balaban J connectivity index is 1.54. The van der Waals surface area contributed by atoms with Crippen molar-refractivity contribution in [3.8, 4) is 10.6 Å². The number of nitrogens with zero attached hydrogens (tertiary/aromatic N) is 2. The fraction of sp³-hybridized carbons (Fsp3) is 0.158. The van der Waals surface area contributed by atoms with E-state index in [-0.39, 0.29) is 18.3 Å². The molecule has 0 saturated heterocycles. The molecule has 1 amide bonds. The van der Waals surface area contributed by atoms with Gasteiger partial charge in [-0.3, -0.25) is 9.69 Å². The molecular formula is C19H17ClFN3OS. The molecule has 7 heteroatoms. The Morgan fingerprint density at radius 2 is 1.88 bits per heavy atom. The molecule has 1 N–H and O–H groups in total. The van der Waals surface area contributed by atoms with Gasteiger partial charge in [0, 0.05) is 28.2 Å². The van der Waals surface area contributed by atoms with Crippen molar-refractivity contribution in [1.82, 2.24) is 9.88 Å². The third-order valence-electron chi connectivity index (χ3n) is 3.62. The van der Waals surface area contributed by atoms with E-state index in [1.807, 2.05) is 41.6 Å². The number of halogens is 2. The van der Waals surface area contributed by atoms with Crippen molar-refractivity contribution >= 4 is 34.5 Å². The van der Waals surface area contributed by atoms with Crippen LogP contribution in [-0.2, 0) is 11.3 Å². The van der Waals surface area contributed by atoms with E-state index in [0.717, 1.165) is 16.3 Å². The number of aromatic nitrogens is 1. The number of nitrogens with one attached hydrogen (secondary N) is 1. The molecule has 4 nitrogen and oxygen atoms in total. The first-order valence-electron chi connectivity index (χ1n) is 7.94. The van der Waals surface area contributed by atoms with E-state index in [0.29, 0.717) is 17.3 Å². The minimum atomic E-state index is -0.333. The summed E-state index contributed by atoms with van der Waals surface area (Å²) >= 11 is 7.46. The van der Waals surface area contributed by atoms with Crippen LogP contribution in [0.15, 0.2) is 53.9 Å². The molecule has 26 heavy (non-hydrogen) atoms.